The predicted octanol–water partition coefficient (Wildman–Crippen LogP) is 2.92. The molecule has 2 aromatic rings. The maximum Gasteiger partial charge on any atom is 0.308 e. The Bertz CT molecular complexity index is 796. The van der Waals surface area contributed by atoms with Gasteiger partial charge in [-0.2, -0.15) is 5.10 Å². The van der Waals surface area contributed by atoms with Crippen LogP contribution in [0.25, 0.3) is 0 Å². The van der Waals surface area contributed by atoms with E-state index in [9.17, 15) is 14.7 Å². The average molecular weight is 387 g/mol. The van der Waals surface area contributed by atoms with Crippen molar-refractivity contribution >= 4 is 11.9 Å². The molecule has 1 unspecified atom stereocenters. The van der Waals surface area contributed by atoms with Gasteiger partial charge in [-0.3, -0.25) is 14.3 Å². The van der Waals surface area contributed by atoms with Gasteiger partial charge in [0.2, 0.25) is 0 Å². The number of ether oxygens (including phenoxy) is 1. The maximum atomic E-state index is 12.5. The quantitative estimate of drug-likeness (QED) is 0.654. The number of nitrogens with one attached hydrogen (secondary N) is 1. The second kappa shape index (κ2) is 9.92. The summed E-state index contributed by atoms with van der Waals surface area (Å²) < 4.78 is 7.20. The molecule has 1 aromatic heterocycles. The average Bonchev–Trinajstić information content (AvgIpc) is 2.99. The summed E-state index contributed by atoms with van der Waals surface area (Å²) in [6, 6.07) is 7.34. The molecule has 1 amide bonds. The highest BCUT2D eigenvalue weighted by Crippen LogP contribution is 2.16. The van der Waals surface area contributed by atoms with Gasteiger partial charge in [-0.25, -0.2) is 0 Å². The van der Waals surface area contributed by atoms with Crippen molar-refractivity contribution in [2.75, 3.05) is 13.2 Å². The van der Waals surface area contributed by atoms with Crippen LogP contribution in [0, 0.1) is 18.8 Å². The maximum absolute atomic E-state index is 12.5. The first kappa shape index (κ1) is 21.5. The summed E-state index contributed by atoms with van der Waals surface area (Å²) >= 11 is 0. The molecule has 2 rings (SSSR count). The van der Waals surface area contributed by atoms with Crippen molar-refractivity contribution in [2.24, 2.45) is 11.8 Å². The van der Waals surface area contributed by atoms with E-state index in [0.717, 1.165) is 23.6 Å². The SMILES string of the molecule is CCOc1ccc(CC(CNC(=O)c2cnn(CC(C)C)c2C)C(=O)O)cc1. The minimum atomic E-state index is -0.943. The Hall–Kier alpha value is -2.83. The summed E-state index contributed by atoms with van der Waals surface area (Å²) in [6.45, 7) is 9.28. The Labute approximate surface area is 165 Å². The largest absolute Gasteiger partial charge is 0.494 e. The summed E-state index contributed by atoms with van der Waals surface area (Å²) in [5, 5.41) is 16.5. The first-order valence-electron chi connectivity index (χ1n) is 9.57. The molecule has 0 spiro atoms. The minimum absolute atomic E-state index is 0.0518. The van der Waals surface area contributed by atoms with E-state index < -0.39 is 11.9 Å². The molecule has 1 aromatic carbocycles. The van der Waals surface area contributed by atoms with Crippen LogP contribution in [0.5, 0.6) is 5.75 Å². The number of amides is 1. The number of rotatable bonds is 10. The van der Waals surface area contributed by atoms with Gasteiger partial charge in [-0.15, -0.1) is 0 Å². The number of carbonyl (C=O) groups excluding carboxylic acids is 1. The number of carbonyl (C=O) groups is 2. The number of carboxylic acid groups (broad SMARTS) is 1. The minimum Gasteiger partial charge on any atom is -0.494 e. The molecule has 0 fully saturated rings. The molecule has 7 heteroatoms. The van der Waals surface area contributed by atoms with E-state index in [1.165, 1.54) is 6.20 Å². The summed E-state index contributed by atoms with van der Waals surface area (Å²) in [5.74, 6) is -0.792. The highest BCUT2D eigenvalue weighted by Gasteiger charge is 2.21. The van der Waals surface area contributed by atoms with E-state index in [-0.39, 0.29) is 12.5 Å². The molecule has 152 valence electrons. The number of nitrogens with zero attached hydrogens (tertiary/aromatic N) is 2. The van der Waals surface area contributed by atoms with E-state index >= 15 is 0 Å². The van der Waals surface area contributed by atoms with Gasteiger partial charge >= 0.3 is 5.97 Å². The van der Waals surface area contributed by atoms with Gasteiger partial charge < -0.3 is 15.2 Å². The van der Waals surface area contributed by atoms with E-state index in [1.54, 1.807) is 4.68 Å². The Morgan fingerprint density at radius 1 is 1.25 bits per heavy atom. The van der Waals surface area contributed by atoms with Crippen molar-refractivity contribution < 1.29 is 19.4 Å². The second-order valence-corrected chi connectivity index (χ2v) is 7.25. The molecular weight excluding hydrogens is 358 g/mol. The molecule has 0 aliphatic rings. The van der Waals surface area contributed by atoms with Crippen LogP contribution < -0.4 is 10.1 Å². The van der Waals surface area contributed by atoms with Gasteiger partial charge in [-0.05, 0) is 43.9 Å². The van der Waals surface area contributed by atoms with Crippen LogP contribution in [0.4, 0.5) is 0 Å². The van der Waals surface area contributed by atoms with E-state index in [2.05, 4.69) is 24.3 Å². The van der Waals surface area contributed by atoms with Crippen molar-refractivity contribution in [2.45, 2.75) is 40.7 Å². The molecule has 0 bridgehead atoms. The zero-order valence-corrected chi connectivity index (χ0v) is 16.9. The smallest absolute Gasteiger partial charge is 0.308 e. The Kier molecular flexibility index (Phi) is 7.61. The summed E-state index contributed by atoms with van der Waals surface area (Å²) in [7, 11) is 0. The summed E-state index contributed by atoms with van der Waals surface area (Å²) in [4.78, 5) is 24.1. The molecule has 28 heavy (non-hydrogen) atoms. The number of hydrogen-bond donors (Lipinski definition) is 2. The standard InChI is InChI=1S/C21H29N3O4/c1-5-28-18-8-6-16(7-9-18)10-17(21(26)27)11-22-20(25)19-12-23-24(15(19)4)13-14(2)3/h6-9,12,14,17H,5,10-11,13H2,1-4H3,(H,22,25)(H,26,27). The van der Waals surface area contributed by atoms with Crippen LogP contribution in [0.3, 0.4) is 0 Å². The summed E-state index contributed by atoms with van der Waals surface area (Å²) in [6.07, 6.45) is 1.86. The predicted molar refractivity (Wildman–Crippen MR) is 107 cm³/mol. The van der Waals surface area contributed by atoms with Crippen molar-refractivity contribution in [1.82, 2.24) is 15.1 Å². The number of aromatic nitrogens is 2. The zero-order valence-electron chi connectivity index (χ0n) is 16.9. The molecule has 1 atom stereocenters. The van der Waals surface area contributed by atoms with Crippen LogP contribution in [-0.4, -0.2) is 39.9 Å². The van der Waals surface area contributed by atoms with Crippen molar-refractivity contribution in [3.8, 4) is 5.75 Å². The zero-order chi connectivity index (χ0) is 20.7. The Morgan fingerprint density at radius 2 is 1.93 bits per heavy atom. The number of hydrogen-bond acceptors (Lipinski definition) is 4. The number of carboxylic acids is 1. The molecular formula is C21H29N3O4. The van der Waals surface area contributed by atoms with Gasteiger partial charge in [0, 0.05) is 18.8 Å². The molecule has 1 heterocycles. The van der Waals surface area contributed by atoms with Gasteiger partial charge in [0.05, 0.1) is 24.3 Å². The van der Waals surface area contributed by atoms with E-state index in [4.69, 9.17) is 4.74 Å². The molecule has 0 aliphatic heterocycles. The van der Waals surface area contributed by atoms with Crippen LogP contribution in [-0.2, 0) is 17.8 Å². The Morgan fingerprint density at radius 3 is 2.50 bits per heavy atom. The van der Waals surface area contributed by atoms with Gasteiger partial charge in [0.1, 0.15) is 5.75 Å². The third-order valence-corrected chi connectivity index (χ3v) is 4.46. The first-order chi connectivity index (χ1) is 13.3. The first-order valence-corrected chi connectivity index (χ1v) is 9.57. The van der Waals surface area contributed by atoms with Crippen LogP contribution >= 0.6 is 0 Å². The lowest BCUT2D eigenvalue weighted by molar-refractivity contribution is -0.141. The third kappa shape index (κ3) is 5.84. The Balaban J connectivity index is 1.98. The molecule has 0 saturated carbocycles. The van der Waals surface area contributed by atoms with Crippen LogP contribution in [0.2, 0.25) is 0 Å². The molecule has 0 aliphatic carbocycles. The van der Waals surface area contributed by atoms with Crippen LogP contribution in [0.1, 0.15) is 42.4 Å². The van der Waals surface area contributed by atoms with Crippen LogP contribution in [0.15, 0.2) is 30.5 Å². The fourth-order valence-electron chi connectivity index (χ4n) is 2.93. The highest BCUT2D eigenvalue weighted by atomic mass is 16.5. The molecule has 0 radical (unpaired) electrons. The fourth-order valence-corrected chi connectivity index (χ4v) is 2.93. The van der Waals surface area contributed by atoms with E-state index in [0.29, 0.717) is 24.5 Å². The lowest BCUT2D eigenvalue weighted by Crippen LogP contribution is -2.34. The summed E-state index contributed by atoms with van der Waals surface area (Å²) in [5.41, 5.74) is 2.14. The molecule has 2 N–H and O–H groups in total. The highest BCUT2D eigenvalue weighted by molar-refractivity contribution is 5.95. The molecule has 7 nitrogen and oxygen atoms in total. The number of benzene rings is 1. The van der Waals surface area contributed by atoms with Crippen molar-refractivity contribution in [1.29, 1.82) is 0 Å². The van der Waals surface area contributed by atoms with Gasteiger partial charge in [-0.1, -0.05) is 26.0 Å². The van der Waals surface area contributed by atoms with Gasteiger partial charge in [0.25, 0.3) is 5.91 Å². The number of aliphatic carboxylic acids is 1. The fraction of sp³-hybridized carbons (Fsp3) is 0.476. The van der Waals surface area contributed by atoms with Gasteiger partial charge in [0.15, 0.2) is 0 Å². The molecule has 0 saturated heterocycles. The monoisotopic (exact) mass is 387 g/mol. The second-order valence-electron chi connectivity index (χ2n) is 7.25. The van der Waals surface area contributed by atoms with Crippen molar-refractivity contribution in [3.63, 3.8) is 0 Å². The van der Waals surface area contributed by atoms with E-state index in [1.807, 2.05) is 38.1 Å². The lowest BCUT2D eigenvalue weighted by Gasteiger charge is -2.14. The lowest BCUT2D eigenvalue weighted by atomic mass is 9.99. The normalized spacial score (nSPS) is 12.0. The topological polar surface area (TPSA) is 93.5 Å². The van der Waals surface area contributed by atoms with Crippen molar-refractivity contribution in [3.05, 3.63) is 47.3 Å². The third-order valence-electron chi connectivity index (χ3n) is 4.46.